The molecule has 0 bridgehead atoms. The van der Waals surface area contributed by atoms with E-state index in [2.05, 4.69) is 52.8 Å². The Kier molecular flexibility index (Phi) is 44.6. The molecule has 0 aliphatic carbocycles. The maximum Gasteiger partial charge on any atom is 0.335 e. The minimum atomic E-state index is -1.35. The van der Waals surface area contributed by atoms with E-state index in [9.17, 15) is 9.59 Å². The predicted molar refractivity (Wildman–Crippen MR) is 244 cm³/mol. The highest BCUT2D eigenvalue weighted by Gasteiger charge is 2.03. The molecule has 16 heteroatoms. The van der Waals surface area contributed by atoms with Gasteiger partial charge in [-0.05, 0) is 156 Å². The minimum absolute atomic E-state index is 0. The van der Waals surface area contributed by atoms with Gasteiger partial charge in [0.15, 0.2) is 6.29 Å². The lowest BCUT2D eigenvalue weighted by atomic mass is 10.1. The summed E-state index contributed by atoms with van der Waals surface area (Å²) in [5.74, 6) is -0.867. The van der Waals surface area contributed by atoms with Gasteiger partial charge in [-0.25, -0.2) is 4.79 Å². The second-order valence-electron chi connectivity index (χ2n) is 12.9. The molecule has 0 aromatic heterocycles. The predicted octanol–water partition coefficient (Wildman–Crippen LogP) is 6.71. The number of hydrogen-bond donors (Lipinski definition) is 4. The fourth-order valence-electron chi connectivity index (χ4n) is 4.43. The maximum absolute atomic E-state index is 10.5. The molecule has 5 aromatic carbocycles. The number of aromatic carboxylic acids is 1. The van der Waals surface area contributed by atoms with E-state index < -0.39 is 12.3 Å². The molecule has 0 atom stereocenters. The SMILES string of the molecule is Cc1ccc(C(=O)O)cc1C.Cc1ccc(C(O)O)cc1C.Cc1ccc(C)c(C)c1.Cc1ccc(C=O)cc1C.Cc1ccc(CO)cc1C.O.O.O.O.O=O.O=O.O=O. The average molecular weight is 861 g/mol. The van der Waals surface area contributed by atoms with Gasteiger partial charge in [-0.15, -0.1) is 0 Å². The molecule has 0 unspecified atom stereocenters. The van der Waals surface area contributed by atoms with Gasteiger partial charge in [0.2, 0.25) is 0 Å². The minimum Gasteiger partial charge on any atom is -0.478 e. The van der Waals surface area contributed by atoms with Gasteiger partial charge in [0, 0.05) is 40.9 Å². The number of carbonyl (C=O) groups is 2. The number of benzene rings is 5. The first-order valence-corrected chi connectivity index (χ1v) is 17.4. The van der Waals surface area contributed by atoms with E-state index in [1.807, 2.05) is 90.1 Å². The Bertz CT molecular complexity index is 1940. The summed E-state index contributed by atoms with van der Waals surface area (Å²) in [7, 11) is 0. The van der Waals surface area contributed by atoms with E-state index in [4.69, 9.17) is 50.2 Å². The van der Waals surface area contributed by atoms with Crippen LogP contribution in [0.4, 0.5) is 0 Å². The molecule has 0 amide bonds. The number of carboxylic acid groups (broad SMARTS) is 1. The van der Waals surface area contributed by atoms with Crippen LogP contribution in [0.1, 0.15) is 99.3 Å². The van der Waals surface area contributed by atoms with Crippen LogP contribution in [0.5, 0.6) is 0 Å². The zero-order valence-electron chi connectivity index (χ0n) is 36.6. The highest BCUT2D eigenvalue weighted by atomic mass is 16.7. The largest absolute Gasteiger partial charge is 0.478 e. The third kappa shape index (κ3) is 28.8. The third-order valence-corrected chi connectivity index (χ3v) is 8.67. The summed E-state index contributed by atoms with van der Waals surface area (Å²) in [4.78, 5) is 62.7. The van der Waals surface area contributed by atoms with Crippen LogP contribution in [-0.2, 0) is 6.61 Å². The summed E-state index contributed by atoms with van der Waals surface area (Å²) in [6, 6.07) is 28.6. The number of carboxylic acids is 1. The van der Waals surface area contributed by atoms with Crippen LogP contribution in [0, 0.1) is 106 Å². The van der Waals surface area contributed by atoms with Crippen molar-refractivity contribution in [1.29, 1.82) is 0 Å². The van der Waals surface area contributed by atoms with E-state index in [1.54, 1.807) is 24.3 Å². The molecule has 12 N–H and O–H groups in total. The molecule has 340 valence electrons. The van der Waals surface area contributed by atoms with E-state index in [-0.39, 0.29) is 28.5 Å². The number of aldehydes is 1. The summed E-state index contributed by atoms with van der Waals surface area (Å²) in [6.07, 6.45) is -0.485. The van der Waals surface area contributed by atoms with Gasteiger partial charge >= 0.3 is 5.97 Å². The molecule has 0 aliphatic rings. The molecule has 0 heterocycles. The maximum atomic E-state index is 10.5. The summed E-state index contributed by atoms with van der Waals surface area (Å²) in [5.41, 5.74) is 16.0. The zero-order chi connectivity index (χ0) is 44.8. The van der Waals surface area contributed by atoms with Gasteiger partial charge in [0.05, 0.1) is 12.2 Å². The number of aliphatic hydroxyl groups is 3. The lowest BCUT2D eigenvalue weighted by Crippen LogP contribution is -1.96. The second-order valence-corrected chi connectivity index (χ2v) is 12.9. The Balaban J connectivity index is -0.000000114. The van der Waals surface area contributed by atoms with Gasteiger partial charge < -0.3 is 42.3 Å². The van der Waals surface area contributed by atoms with E-state index in [0.717, 1.165) is 39.7 Å². The summed E-state index contributed by atoms with van der Waals surface area (Å²) < 4.78 is 0. The van der Waals surface area contributed by atoms with Crippen LogP contribution in [0.2, 0.25) is 0 Å². The Morgan fingerprint density at radius 3 is 1.16 bits per heavy atom. The van der Waals surface area contributed by atoms with Gasteiger partial charge in [-0.1, -0.05) is 78.4 Å². The number of carbonyl (C=O) groups excluding carboxylic acids is 1. The monoisotopic (exact) mass is 860 g/mol. The lowest BCUT2D eigenvalue weighted by molar-refractivity contribution is -0.0425. The van der Waals surface area contributed by atoms with Crippen molar-refractivity contribution in [3.05, 3.63) is 204 Å². The summed E-state index contributed by atoms with van der Waals surface area (Å²) in [5, 5.41) is 34.9. The molecule has 5 rings (SSSR count). The first kappa shape index (κ1) is 69.4. The standard InChI is InChI=1S/C9H12O2.C9H10O2.C9H12O.C9H10O.C9H12.3O2.4H2O/c2*1-6-3-4-8(9(10)11)5-7(6)2;2*1-7-3-4-9(6-10)5-8(7)2;1-7-4-5-8(2)9(3)6-7;3*1-2;;;;/h3-5,9-11H,1-2H3;3-5H,1-2H3,(H,10,11);3-5,10H,6H2,1-2H3;3-6H,1-2H3;4-6H,1-3H3;;;;4*1H2. The van der Waals surface area contributed by atoms with Crippen LogP contribution in [-0.4, -0.2) is 54.6 Å². The van der Waals surface area contributed by atoms with Crippen LogP contribution in [0.25, 0.3) is 0 Å². The highest BCUT2D eigenvalue weighted by Crippen LogP contribution is 2.15. The molecule has 0 saturated carbocycles. The molecule has 0 saturated heterocycles. The van der Waals surface area contributed by atoms with Gasteiger partial charge in [-0.2, -0.15) is 0 Å². The van der Waals surface area contributed by atoms with Gasteiger partial charge in [0.1, 0.15) is 6.29 Å². The Morgan fingerprint density at radius 2 is 0.836 bits per heavy atom. The number of aliphatic hydroxyl groups excluding tert-OH is 2. The topological polar surface area (TPSA) is 343 Å². The molecular formula is C45H64O16. The van der Waals surface area contributed by atoms with Gasteiger partial charge in [-0.3, -0.25) is 4.79 Å². The fourth-order valence-corrected chi connectivity index (χ4v) is 4.43. The lowest BCUT2D eigenvalue weighted by Gasteiger charge is -2.05. The number of hydrogen-bond acceptors (Lipinski definition) is 11. The molecule has 0 aliphatic heterocycles. The smallest absolute Gasteiger partial charge is 0.335 e. The van der Waals surface area contributed by atoms with Crippen molar-refractivity contribution in [3.8, 4) is 0 Å². The first-order valence-electron chi connectivity index (χ1n) is 17.4. The van der Waals surface area contributed by atoms with Crippen LogP contribution < -0.4 is 0 Å². The summed E-state index contributed by atoms with van der Waals surface area (Å²) >= 11 is 0. The molecular weight excluding hydrogens is 796 g/mol. The van der Waals surface area contributed by atoms with Crippen molar-refractivity contribution in [1.82, 2.24) is 0 Å². The van der Waals surface area contributed by atoms with Crippen molar-refractivity contribution in [2.24, 2.45) is 0 Å². The molecule has 16 nitrogen and oxygen atoms in total. The molecule has 61 heavy (non-hydrogen) atoms. The van der Waals surface area contributed by atoms with Crippen molar-refractivity contribution in [3.63, 3.8) is 0 Å². The van der Waals surface area contributed by atoms with E-state index in [1.165, 1.54) is 38.9 Å². The van der Waals surface area contributed by atoms with E-state index >= 15 is 0 Å². The van der Waals surface area contributed by atoms with E-state index in [0.29, 0.717) is 11.1 Å². The quantitative estimate of drug-likeness (QED) is 0.108. The molecule has 5 aromatic rings. The Morgan fingerprint density at radius 1 is 0.475 bits per heavy atom. The molecule has 0 spiro atoms. The first-order chi connectivity index (χ1) is 26.9. The molecule has 0 fully saturated rings. The third-order valence-electron chi connectivity index (χ3n) is 8.67. The van der Waals surface area contributed by atoms with Crippen molar-refractivity contribution in [2.75, 3.05) is 0 Å². The Hall–Kier alpha value is -6.24. The van der Waals surface area contributed by atoms with Crippen molar-refractivity contribution >= 4 is 12.3 Å². The normalized spacial score (nSPS) is 8.44. The zero-order valence-corrected chi connectivity index (χ0v) is 36.6. The van der Waals surface area contributed by atoms with Crippen molar-refractivity contribution < 1.29 is 51.9 Å². The molecule has 0 radical (unpaired) electrons. The average Bonchev–Trinajstić information content (AvgIpc) is 3.20. The summed E-state index contributed by atoms with van der Waals surface area (Å²) in [6.45, 7) is 22.5. The Labute approximate surface area is 356 Å². The van der Waals surface area contributed by atoms with Crippen LogP contribution >= 0.6 is 0 Å². The number of rotatable bonds is 4. The fraction of sp³-hybridized carbons (Fsp3) is 0.289. The number of aryl methyl sites for hydroxylation is 11. The highest BCUT2D eigenvalue weighted by molar-refractivity contribution is 5.87. The van der Waals surface area contributed by atoms with Gasteiger partial charge in [0.25, 0.3) is 0 Å². The second kappa shape index (κ2) is 39.2. The van der Waals surface area contributed by atoms with Crippen LogP contribution in [0.15, 0.2) is 91.0 Å². The van der Waals surface area contributed by atoms with Crippen molar-refractivity contribution in [2.45, 2.75) is 89.1 Å². The van der Waals surface area contributed by atoms with Crippen LogP contribution in [0.3, 0.4) is 0 Å².